The number of halogens is 2. The summed E-state index contributed by atoms with van der Waals surface area (Å²) in [6.45, 7) is 1.88. The largest absolute Gasteiger partial charge is 0.329 e. The van der Waals surface area contributed by atoms with E-state index in [1.807, 2.05) is 6.07 Å². The van der Waals surface area contributed by atoms with Crippen LogP contribution in [0.25, 0.3) is 0 Å². The maximum atomic E-state index is 6.23. The standard InChI is InChI=1S/C15H20BrClN2/c16-13-6-3-11(7-14(13)17)15(8-18)19(12-4-5-12)9-10-1-2-10/h3,6-7,10,12,15H,1-2,4-5,8-9,18H2. The van der Waals surface area contributed by atoms with Gasteiger partial charge in [0.1, 0.15) is 0 Å². The zero-order valence-corrected chi connectivity index (χ0v) is 13.3. The average Bonchev–Trinajstić information content (AvgIpc) is 3.27. The summed E-state index contributed by atoms with van der Waals surface area (Å²) in [5.74, 6) is 0.903. The fraction of sp³-hybridized carbons (Fsp3) is 0.600. The summed E-state index contributed by atoms with van der Waals surface area (Å²) < 4.78 is 0.953. The summed E-state index contributed by atoms with van der Waals surface area (Å²) in [4.78, 5) is 2.62. The smallest absolute Gasteiger partial charge is 0.0551 e. The number of benzene rings is 1. The second-order valence-corrected chi connectivity index (χ2v) is 7.06. The summed E-state index contributed by atoms with van der Waals surface area (Å²) in [7, 11) is 0. The molecule has 1 aromatic rings. The molecule has 0 bridgehead atoms. The molecular weight excluding hydrogens is 324 g/mol. The Hall–Kier alpha value is -0.0900. The van der Waals surface area contributed by atoms with Gasteiger partial charge in [-0.05, 0) is 65.2 Å². The molecule has 4 heteroatoms. The Morgan fingerprint density at radius 1 is 1.32 bits per heavy atom. The van der Waals surface area contributed by atoms with E-state index in [-0.39, 0.29) is 0 Å². The van der Waals surface area contributed by atoms with Crippen LogP contribution in [0.1, 0.15) is 37.3 Å². The minimum Gasteiger partial charge on any atom is -0.329 e. The van der Waals surface area contributed by atoms with Gasteiger partial charge in [0.25, 0.3) is 0 Å². The third kappa shape index (κ3) is 3.33. The first-order valence-corrected chi connectivity index (χ1v) is 8.27. The molecule has 2 N–H and O–H groups in total. The molecule has 3 rings (SSSR count). The van der Waals surface area contributed by atoms with Crippen molar-refractivity contribution in [2.24, 2.45) is 11.7 Å². The molecule has 0 saturated heterocycles. The highest BCUT2D eigenvalue weighted by Gasteiger charge is 2.37. The van der Waals surface area contributed by atoms with E-state index in [4.69, 9.17) is 17.3 Å². The lowest BCUT2D eigenvalue weighted by Crippen LogP contribution is -2.37. The van der Waals surface area contributed by atoms with E-state index in [0.717, 1.165) is 21.5 Å². The number of nitrogens with zero attached hydrogens (tertiary/aromatic N) is 1. The molecule has 0 aromatic heterocycles. The van der Waals surface area contributed by atoms with Crippen LogP contribution in [-0.2, 0) is 0 Å². The van der Waals surface area contributed by atoms with Gasteiger partial charge in [-0.2, -0.15) is 0 Å². The Kier molecular flexibility index (Phi) is 4.18. The molecule has 0 radical (unpaired) electrons. The Morgan fingerprint density at radius 3 is 2.58 bits per heavy atom. The minimum atomic E-state index is 0.318. The monoisotopic (exact) mass is 342 g/mol. The van der Waals surface area contributed by atoms with Crippen LogP contribution in [0.4, 0.5) is 0 Å². The first-order valence-electron chi connectivity index (χ1n) is 7.10. The Morgan fingerprint density at radius 2 is 2.05 bits per heavy atom. The highest BCUT2D eigenvalue weighted by molar-refractivity contribution is 9.10. The van der Waals surface area contributed by atoms with Crippen LogP contribution < -0.4 is 5.73 Å². The van der Waals surface area contributed by atoms with E-state index >= 15 is 0 Å². The van der Waals surface area contributed by atoms with E-state index in [0.29, 0.717) is 12.6 Å². The number of nitrogens with two attached hydrogens (primary N) is 1. The van der Waals surface area contributed by atoms with E-state index in [2.05, 4.69) is 33.0 Å². The van der Waals surface area contributed by atoms with Gasteiger partial charge >= 0.3 is 0 Å². The first kappa shape index (κ1) is 13.9. The van der Waals surface area contributed by atoms with Crippen molar-refractivity contribution >= 4 is 27.5 Å². The molecule has 0 heterocycles. The van der Waals surface area contributed by atoms with Gasteiger partial charge in [-0.15, -0.1) is 0 Å². The van der Waals surface area contributed by atoms with E-state index in [1.165, 1.54) is 37.8 Å². The summed E-state index contributed by atoms with van der Waals surface area (Å²) in [5.41, 5.74) is 7.31. The molecule has 1 unspecified atom stereocenters. The average molecular weight is 344 g/mol. The molecule has 0 spiro atoms. The van der Waals surface area contributed by atoms with Crippen molar-refractivity contribution < 1.29 is 0 Å². The summed E-state index contributed by atoms with van der Waals surface area (Å²) in [6, 6.07) is 7.30. The number of hydrogen-bond donors (Lipinski definition) is 1. The lowest BCUT2D eigenvalue weighted by atomic mass is 10.0. The normalized spacial score (nSPS) is 20.8. The Labute approximate surface area is 128 Å². The molecule has 2 fully saturated rings. The number of hydrogen-bond acceptors (Lipinski definition) is 2. The van der Waals surface area contributed by atoms with E-state index < -0.39 is 0 Å². The predicted molar refractivity (Wildman–Crippen MR) is 83.4 cm³/mol. The molecule has 2 nitrogen and oxygen atoms in total. The highest BCUT2D eigenvalue weighted by Crippen LogP contribution is 2.40. The van der Waals surface area contributed by atoms with Gasteiger partial charge in [0.05, 0.1) is 5.02 Å². The Bertz CT molecular complexity index is 457. The maximum Gasteiger partial charge on any atom is 0.0551 e. The van der Waals surface area contributed by atoms with Crippen LogP contribution in [-0.4, -0.2) is 24.0 Å². The van der Waals surface area contributed by atoms with Gasteiger partial charge in [0, 0.05) is 29.6 Å². The zero-order valence-electron chi connectivity index (χ0n) is 11.0. The molecule has 1 atom stereocenters. The molecule has 2 saturated carbocycles. The third-order valence-corrected chi connectivity index (χ3v) is 5.37. The SMILES string of the molecule is NCC(c1ccc(Br)c(Cl)c1)N(CC1CC1)C1CC1. The first-order chi connectivity index (χ1) is 9.19. The van der Waals surface area contributed by atoms with Crippen LogP contribution in [0.5, 0.6) is 0 Å². The van der Waals surface area contributed by atoms with E-state index in [1.54, 1.807) is 0 Å². The maximum absolute atomic E-state index is 6.23. The van der Waals surface area contributed by atoms with Gasteiger partial charge in [-0.3, -0.25) is 4.90 Å². The summed E-state index contributed by atoms with van der Waals surface area (Å²) in [5, 5.41) is 0.776. The predicted octanol–water partition coefficient (Wildman–Crippen LogP) is 3.98. The minimum absolute atomic E-state index is 0.318. The molecule has 2 aliphatic carbocycles. The molecular formula is C15H20BrClN2. The summed E-state index contributed by atoms with van der Waals surface area (Å²) in [6.07, 6.45) is 5.43. The zero-order chi connectivity index (χ0) is 13.4. The molecule has 0 aliphatic heterocycles. The lowest BCUT2D eigenvalue weighted by molar-refractivity contribution is 0.183. The van der Waals surface area contributed by atoms with Crippen LogP contribution in [0, 0.1) is 5.92 Å². The van der Waals surface area contributed by atoms with Gasteiger partial charge in [0.15, 0.2) is 0 Å². The quantitative estimate of drug-likeness (QED) is 0.846. The van der Waals surface area contributed by atoms with Gasteiger partial charge in [-0.25, -0.2) is 0 Å². The van der Waals surface area contributed by atoms with Crippen molar-refractivity contribution in [3.05, 3.63) is 33.3 Å². The van der Waals surface area contributed by atoms with Crippen molar-refractivity contribution in [3.8, 4) is 0 Å². The van der Waals surface area contributed by atoms with Crippen molar-refractivity contribution in [2.75, 3.05) is 13.1 Å². The molecule has 2 aliphatic rings. The van der Waals surface area contributed by atoms with Crippen molar-refractivity contribution in [1.82, 2.24) is 4.90 Å². The lowest BCUT2D eigenvalue weighted by Gasteiger charge is -2.31. The van der Waals surface area contributed by atoms with Crippen LogP contribution in [0.3, 0.4) is 0 Å². The van der Waals surface area contributed by atoms with Gasteiger partial charge in [-0.1, -0.05) is 17.7 Å². The van der Waals surface area contributed by atoms with Crippen LogP contribution in [0.2, 0.25) is 5.02 Å². The summed E-state index contributed by atoms with van der Waals surface area (Å²) >= 11 is 9.68. The number of rotatable bonds is 6. The van der Waals surface area contributed by atoms with Crippen molar-refractivity contribution in [2.45, 2.75) is 37.8 Å². The molecule has 19 heavy (non-hydrogen) atoms. The van der Waals surface area contributed by atoms with Gasteiger partial charge < -0.3 is 5.73 Å². The fourth-order valence-electron chi connectivity index (χ4n) is 2.72. The molecule has 0 amide bonds. The van der Waals surface area contributed by atoms with Crippen molar-refractivity contribution in [1.29, 1.82) is 0 Å². The fourth-order valence-corrected chi connectivity index (χ4v) is 3.15. The topological polar surface area (TPSA) is 29.3 Å². The van der Waals surface area contributed by atoms with E-state index in [9.17, 15) is 0 Å². The molecule has 104 valence electrons. The van der Waals surface area contributed by atoms with Crippen LogP contribution in [0.15, 0.2) is 22.7 Å². The van der Waals surface area contributed by atoms with Gasteiger partial charge in [0.2, 0.25) is 0 Å². The second kappa shape index (κ2) is 5.72. The Balaban J connectivity index is 1.81. The highest BCUT2D eigenvalue weighted by atomic mass is 79.9. The third-order valence-electron chi connectivity index (χ3n) is 4.13. The molecule has 1 aromatic carbocycles. The second-order valence-electron chi connectivity index (χ2n) is 5.80. The van der Waals surface area contributed by atoms with Crippen molar-refractivity contribution in [3.63, 3.8) is 0 Å². The van der Waals surface area contributed by atoms with Crippen LogP contribution >= 0.6 is 27.5 Å².